The van der Waals surface area contributed by atoms with E-state index in [2.05, 4.69) is 46.9 Å². The lowest BCUT2D eigenvalue weighted by molar-refractivity contribution is -0.202. The Labute approximate surface area is 197 Å². The summed E-state index contributed by atoms with van der Waals surface area (Å²) in [4.78, 5) is 10.7. The first kappa shape index (κ1) is 27.6. The lowest BCUT2D eigenvalue weighted by Gasteiger charge is -2.38. The third-order valence-electron chi connectivity index (χ3n) is 7.63. The monoisotopic (exact) mass is 468 g/mol. The number of carboxylic acid groups (broad SMARTS) is 1. The van der Waals surface area contributed by atoms with Crippen molar-refractivity contribution in [3.8, 4) is 0 Å². The van der Waals surface area contributed by atoms with Crippen LogP contribution in [0.3, 0.4) is 0 Å². The third-order valence-corrected chi connectivity index (χ3v) is 12.1. The predicted molar refractivity (Wildman–Crippen MR) is 132 cm³/mol. The molecule has 1 N–H and O–H groups in total. The van der Waals surface area contributed by atoms with Crippen LogP contribution in [0.2, 0.25) is 18.1 Å². The van der Waals surface area contributed by atoms with Gasteiger partial charge in [-0.1, -0.05) is 39.3 Å². The van der Waals surface area contributed by atoms with Crippen LogP contribution < -0.4 is 0 Å². The van der Waals surface area contributed by atoms with Gasteiger partial charge in [-0.15, -0.1) is 0 Å². The highest BCUT2D eigenvalue weighted by Crippen LogP contribution is 2.39. The summed E-state index contributed by atoms with van der Waals surface area (Å²) in [5, 5.41) is 9.03. The van der Waals surface area contributed by atoms with Crippen molar-refractivity contribution in [1.29, 1.82) is 0 Å². The fourth-order valence-corrected chi connectivity index (χ4v) is 5.45. The largest absolute Gasteiger partial charge is 0.481 e. The minimum Gasteiger partial charge on any atom is -0.481 e. The number of allylic oxidation sites excluding steroid dienone is 2. The van der Waals surface area contributed by atoms with Gasteiger partial charge in [-0.05, 0) is 81.8 Å². The van der Waals surface area contributed by atoms with Crippen LogP contribution in [0.15, 0.2) is 11.6 Å². The third kappa shape index (κ3) is 9.28. The van der Waals surface area contributed by atoms with Crippen LogP contribution in [-0.4, -0.2) is 45.0 Å². The van der Waals surface area contributed by atoms with Crippen molar-refractivity contribution in [2.45, 2.75) is 122 Å². The topological polar surface area (TPSA) is 65.0 Å². The molecule has 0 aromatic heterocycles. The molecule has 5 nitrogen and oxygen atoms in total. The number of unbranched alkanes of at least 4 members (excludes halogenated alkanes) is 1. The van der Waals surface area contributed by atoms with Crippen LogP contribution in [0, 0.1) is 11.8 Å². The molecule has 2 unspecified atom stereocenters. The maximum atomic E-state index is 10.7. The Morgan fingerprint density at radius 2 is 2.03 bits per heavy atom. The van der Waals surface area contributed by atoms with Crippen LogP contribution in [0.4, 0.5) is 0 Å². The molecule has 2 rings (SSSR count). The SMILES string of the molecule is C[C@@H](CO[Si](C)(C)C(C)(C)C)C(C[C@H]1CC/C(=C\CCCC(=O)O)C1)OC1CCCCO1. The van der Waals surface area contributed by atoms with Crippen molar-refractivity contribution >= 4 is 14.3 Å². The van der Waals surface area contributed by atoms with Gasteiger partial charge in [0.1, 0.15) is 0 Å². The fourth-order valence-electron chi connectivity index (χ4n) is 4.34. The first-order valence-electron chi connectivity index (χ1n) is 12.8. The smallest absolute Gasteiger partial charge is 0.303 e. The first-order valence-corrected chi connectivity index (χ1v) is 15.7. The summed E-state index contributed by atoms with van der Waals surface area (Å²) < 4.78 is 19.0. The van der Waals surface area contributed by atoms with Crippen molar-refractivity contribution in [1.82, 2.24) is 0 Å². The van der Waals surface area contributed by atoms with Crippen molar-refractivity contribution in [3.05, 3.63) is 11.6 Å². The highest BCUT2D eigenvalue weighted by atomic mass is 28.4. The zero-order chi connectivity index (χ0) is 23.8. The average molecular weight is 469 g/mol. The van der Waals surface area contributed by atoms with Gasteiger partial charge in [0, 0.05) is 25.6 Å². The highest BCUT2D eigenvalue weighted by molar-refractivity contribution is 6.74. The number of carbonyl (C=O) groups is 1. The number of hydrogen-bond donors (Lipinski definition) is 1. The van der Waals surface area contributed by atoms with Gasteiger partial charge in [0.2, 0.25) is 0 Å². The lowest BCUT2D eigenvalue weighted by atomic mass is 9.92. The summed E-state index contributed by atoms with van der Waals surface area (Å²) in [7, 11) is -1.79. The Morgan fingerprint density at radius 1 is 1.28 bits per heavy atom. The van der Waals surface area contributed by atoms with E-state index >= 15 is 0 Å². The van der Waals surface area contributed by atoms with Crippen LogP contribution in [0.5, 0.6) is 0 Å². The molecule has 186 valence electrons. The minimum absolute atomic E-state index is 0.0727. The Bertz CT molecular complexity index is 604. The van der Waals surface area contributed by atoms with Gasteiger partial charge in [0.05, 0.1) is 6.10 Å². The molecule has 6 heteroatoms. The van der Waals surface area contributed by atoms with E-state index < -0.39 is 14.3 Å². The fraction of sp³-hybridized carbons (Fsp3) is 0.885. The van der Waals surface area contributed by atoms with E-state index in [-0.39, 0.29) is 23.9 Å². The molecule has 2 aliphatic rings. The van der Waals surface area contributed by atoms with Crippen LogP contribution in [0.25, 0.3) is 0 Å². The van der Waals surface area contributed by atoms with E-state index in [0.29, 0.717) is 11.8 Å². The zero-order valence-corrected chi connectivity index (χ0v) is 22.5. The maximum Gasteiger partial charge on any atom is 0.303 e. The zero-order valence-electron chi connectivity index (χ0n) is 21.5. The van der Waals surface area contributed by atoms with Crippen molar-refractivity contribution < 1.29 is 23.8 Å². The molecule has 0 aromatic rings. The van der Waals surface area contributed by atoms with E-state index in [9.17, 15) is 4.79 Å². The van der Waals surface area contributed by atoms with E-state index in [1.807, 2.05) is 0 Å². The second-order valence-electron chi connectivity index (χ2n) is 11.5. The summed E-state index contributed by atoms with van der Waals surface area (Å²) >= 11 is 0. The van der Waals surface area contributed by atoms with E-state index in [4.69, 9.17) is 19.0 Å². The summed E-state index contributed by atoms with van der Waals surface area (Å²) in [5.41, 5.74) is 1.50. The van der Waals surface area contributed by atoms with Gasteiger partial charge in [-0.2, -0.15) is 0 Å². The molecule has 1 aliphatic heterocycles. The van der Waals surface area contributed by atoms with Gasteiger partial charge in [-0.25, -0.2) is 0 Å². The Morgan fingerprint density at radius 3 is 2.66 bits per heavy atom. The molecule has 1 aliphatic carbocycles. The molecule has 1 saturated heterocycles. The average Bonchev–Trinajstić information content (AvgIpc) is 3.16. The van der Waals surface area contributed by atoms with Crippen LogP contribution >= 0.6 is 0 Å². The van der Waals surface area contributed by atoms with E-state index in [1.54, 1.807) is 0 Å². The van der Waals surface area contributed by atoms with Gasteiger partial charge < -0.3 is 19.0 Å². The molecule has 32 heavy (non-hydrogen) atoms. The second kappa shape index (κ2) is 12.7. The maximum absolute atomic E-state index is 10.7. The summed E-state index contributed by atoms with van der Waals surface area (Å²) in [6.45, 7) is 15.3. The standard InChI is InChI=1S/C26H48O5Si/c1-20(19-30-32(5,6)26(2,3)4)23(31-25-13-9-10-16-29-25)18-22-15-14-21(17-22)11-7-8-12-24(27)28/h11,20,22-23,25H,7-10,12-19H2,1-6H3,(H,27,28)/b21-11+/t20-,22-,23?,25?/m0/s1. The number of ether oxygens (including phenoxy) is 2. The molecule has 0 amide bonds. The molecular formula is C26H48O5Si. The van der Waals surface area contributed by atoms with Crippen LogP contribution in [0.1, 0.15) is 91.9 Å². The Hall–Kier alpha value is -0.693. The van der Waals surface area contributed by atoms with Gasteiger partial charge in [-0.3, -0.25) is 4.79 Å². The minimum atomic E-state index is -1.79. The molecule has 1 heterocycles. The van der Waals surface area contributed by atoms with Crippen LogP contribution in [-0.2, 0) is 18.7 Å². The molecule has 0 aromatic carbocycles. The number of aliphatic carboxylic acids is 1. The number of hydrogen-bond acceptors (Lipinski definition) is 4. The van der Waals surface area contributed by atoms with Crippen molar-refractivity contribution in [2.24, 2.45) is 11.8 Å². The molecule has 0 bridgehead atoms. The molecule has 0 spiro atoms. The van der Waals surface area contributed by atoms with E-state index in [0.717, 1.165) is 58.2 Å². The van der Waals surface area contributed by atoms with E-state index in [1.165, 1.54) is 18.4 Å². The predicted octanol–water partition coefficient (Wildman–Crippen LogP) is 6.93. The normalized spacial score (nSPS) is 25.8. The molecule has 2 fully saturated rings. The summed E-state index contributed by atoms with van der Waals surface area (Å²) in [6, 6.07) is 0. The van der Waals surface area contributed by atoms with Gasteiger partial charge >= 0.3 is 5.97 Å². The first-order chi connectivity index (χ1) is 15.0. The summed E-state index contributed by atoms with van der Waals surface area (Å²) in [5.74, 6) is 0.259. The molecular weight excluding hydrogens is 420 g/mol. The highest BCUT2D eigenvalue weighted by Gasteiger charge is 2.38. The molecule has 1 saturated carbocycles. The van der Waals surface area contributed by atoms with Gasteiger partial charge in [0.15, 0.2) is 14.6 Å². The Balaban J connectivity index is 1.93. The van der Waals surface area contributed by atoms with Crippen molar-refractivity contribution in [3.63, 3.8) is 0 Å². The number of rotatable bonds is 12. The quantitative estimate of drug-likeness (QED) is 0.191. The number of carboxylic acids is 1. The summed E-state index contributed by atoms with van der Waals surface area (Å²) in [6.07, 6.45) is 12.0. The molecule has 4 atom stereocenters. The van der Waals surface area contributed by atoms with Gasteiger partial charge in [0.25, 0.3) is 0 Å². The molecule has 0 radical (unpaired) electrons. The Kier molecular flexibility index (Phi) is 10.9. The lowest BCUT2D eigenvalue weighted by Crippen LogP contribution is -2.43. The second-order valence-corrected chi connectivity index (χ2v) is 16.3. The van der Waals surface area contributed by atoms with Crippen molar-refractivity contribution in [2.75, 3.05) is 13.2 Å².